The molecule has 0 unspecified atom stereocenters. The molecule has 0 heterocycles. The number of hydrazine groups is 1. The third-order valence-electron chi connectivity index (χ3n) is 5.34. The summed E-state index contributed by atoms with van der Waals surface area (Å²) in [7, 11) is 0. The van der Waals surface area contributed by atoms with Crippen molar-refractivity contribution in [2.75, 3.05) is 5.01 Å². The number of nitrogens with two attached hydrogens (primary N) is 1. The van der Waals surface area contributed by atoms with Crippen LogP contribution in [0.3, 0.4) is 0 Å². The summed E-state index contributed by atoms with van der Waals surface area (Å²) >= 11 is 0. The Bertz CT molecular complexity index is 961. The summed E-state index contributed by atoms with van der Waals surface area (Å²) in [6.45, 7) is 5.42. The number of hydrogen-bond donors (Lipinski definition) is 4. The minimum absolute atomic E-state index is 0.0807. The Morgan fingerprint density at radius 1 is 0.941 bits per heavy atom. The number of carbonyl (C=O) groups excluding carboxylic acids is 3. The number of benzene rings is 2. The molecule has 0 aliphatic heterocycles. The maximum absolute atomic E-state index is 13.5. The average Bonchev–Trinajstić information content (AvgIpc) is 2.84. The largest absolute Gasteiger partial charge is 0.320 e. The van der Waals surface area contributed by atoms with Crippen molar-refractivity contribution in [3.8, 4) is 0 Å². The van der Waals surface area contributed by atoms with Crippen molar-refractivity contribution in [2.45, 2.75) is 39.7 Å². The third kappa shape index (κ3) is 7.83. The second-order valence-corrected chi connectivity index (χ2v) is 8.64. The predicted molar refractivity (Wildman–Crippen MR) is 132 cm³/mol. The molecule has 0 bridgehead atoms. The highest BCUT2D eigenvalue weighted by Gasteiger charge is 2.35. The molecule has 0 aliphatic rings. The van der Waals surface area contributed by atoms with Gasteiger partial charge in [0.2, 0.25) is 11.8 Å². The molecule has 8 heteroatoms. The zero-order chi connectivity index (χ0) is 25.1. The van der Waals surface area contributed by atoms with Crippen molar-refractivity contribution in [1.82, 2.24) is 10.9 Å². The summed E-state index contributed by atoms with van der Waals surface area (Å²) in [5, 5.41) is 10.5. The third-order valence-corrected chi connectivity index (χ3v) is 5.34. The van der Waals surface area contributed by atoms with Gasteiger partial charge < -0.3 is 5.73 Å². The zero-order valence-electron chi connectivity index (χ0n) is 19.8. The number of nitrogens with zero attached hydrogens (tertiary/aromatic N) is 1. The summed E-state index contributed by atoms with van der Waals surface area (Å²) in [6, 6.07) is 17.3. The number of anilines is 1. The van der Waals surface area contributed by atoms with E-state index in [1.807, 2.05) is 50.3 Å². The van der Waals surface area contributed by atoms with Crippen LogP contribution in [0.25, 0.3) is 6.08 Å². The highest BCUT2D eigenvalue weighted by atomic mass is 16.5. The number of para-hydroxylation sites is 1. The number of hydroxylamine groups is 1. The van der Waals surface area contributed by atoms with E-state index in [1.165, 1.54) is 6.92 Å². The van der Waals surface area contributed by atoms with E-state index >= 15 is 0 Å². The topological polar surface area (TPSA) is 125 Å². The van der Waals surface area contributed by atoms with Crippen LogP contribution < -0.4 is 21.6 Å². The Kier molecular flexibility index (Phi) is 10.4. The number of rotatable bonds is 10. The van der Waals surface area contributed by atoms with E-state index in [0.29, 0.717) is 12.1 Å². The molecule has 5 N–H and O–H groups in total. The normalized spacial score (nSPS) is 13.8. The molecule has 8 nitrogen and oxygen atoms in total. The molecule has 0 saturated heterocycles. The number of amides is 3. The SMILES string of the molecule is CC(C)C[C@@H](C(=O)NN(C(=O)[C@H](C)N)c1ccccc1)[C@H](CC=Cc1ccccc1)C(=O)NO. The lowest BCUT2D eigenvalue weighted by atomic mass is 9.82. The van der Waals surface area contributed by atoms with Crippen LogP contribution in [0.5, 0.6) is 0 Å². The number of allylic oxidation sites excluding steroid dienone is 1. The van der Waals surface area contributed by atoms with Crippen LogP contribution >= 0.6 is 0 Å². The summed E-state index contributed by atoms with van der Waals surface area (Å²) < 4.78 is 0. The number of carbonyl (C=O) groups is 3. The van der Waals surface area contributed by atoms with Gasteiger partial charge in [0.1, 0.15) is 0 Å². The van der Waals surface area contributed by atoms with E-state index in [2.05, 4.69) is 5.43 Å². The monoisotopic (exact) mass is 466 g/mol. The standard InChI is InChI=1S/C26H34N4O4/c1-18(2)17-23(22(25(32)29-34)16-10-13-20-11-6-4-7-12-20)24(31)28-30(26(33)19(3)27)21-14-8-5-9-15-21/h4-15,18-19,22-23,34H,16-17,27H2,1-3H3,(H,28,31)(H,29,32)/t19-,22-,23+/m0/s1. The Hall–Kier alpha value is -3.49. The number of hydrogen-bond acceptors (Lipinski definition) is 5. The van der Waals surface area contributed by atoms with E-state index in [9.17, 15) is 19.6 Å². The fourth-order valence-corrected chi connectivity index (χ4v) is 3.63. The van der Waals surface area contributed by atoms with Gasteiger partial charge in [-0.3, -0.25) is 25.0 Å². The van der Waals surface area contributed by atoms with Crippen LogP contribution in [-0.4, -0.2) is 29.0 Å². The molecule has 0 aromatic heterocycles. The lowest BCUT2D eigenvalue weighted by Crippen LogP contribution is -2.55. The van der Waals surface area contributed by atoms with Crippen molar-refractivity contribution in [1.29, 1.82) is 0 Å². The molecular formula is C26H34N4O4. The smallest absolute Gasteiger partial charge is 0.262 e. The maximum Gasteiger partial charge on any atom is 0.262 e. The van der Waals surface area contributed by atoms with Crippen molar-refractivity contribution < 1.29 is 19.6 Å². The first-order chi connectivity index (χ1) is 16.2. The molecule has 0 saturated carbocycles. The molecule has 182 valence electrons. The van der Waals surface area contributed by atoms with Gasteiger partial charge in [-0.05, 0) is 43.4 Å². The molecule has 34 heavy (non-hydrogen) atoms. The summed E-state index contributed by atoms with van der Waals surface area (Å²) in [5.74, 6) is -3.24. The van der Waals surface area contributed by atoms with Gasteiger partial charge in [-0.25, -0.2) is 10.5 Å². The van der Waals surface area contributed by atoms with Crippen molar-refractivity contribution in [3.05, 3.63) is 72.3 Å². The predicted octanol–water partition coefficient (Wildman–Crippen LogP) is 3.29. The minimum Gasteiger partial charge on any atom is -0.320 e. The summed E-state index contributed by atoms with van der Waals surface area (Å²) in [6.07, 6.45) is 4.26. The first-order valence-electron chi connectivity index (χ1n) is 11.3. The molecule has 2 aromatic rings. The highest BCUT2D eigenvalue weighted by molar-refractivity contribution is 6.00. The molecule has 2 rings (SSSR count). The fourth-order valence-electron chi connectivity index (χ4n) is 3.63. The van der Waals surface area contributed by atoms with Crippen LogP contribution in [-0.2, 0) is 14.4 Å². The molecular weight excluding hydrogens is 432 g/mol. The Labute approximate surface area is 200 Å². The molecule has 0 aliphatic carbocycles. The second-order valence-electron chi connectivity index (χ2n) is 8.64. The fraction of sp³-hybridized carbons (Fsp3) is 0.346. The average molecular weight is 467 g/mol. The molecule has 0 fully saturated rings. The Balaban J connectivity index is 2.32. The Morgan fingerprint density at radius 3 is 2.06 bits per heavy atom. The molecule has 2 aromatic carbocycles. The number of nitrogens with one attached hydrogen (secondary N) is 2. The molecule has 3 amide bonds. The van der Waals surface area contributed by atoms with Gasteiger partial charge in [0.15, 0.2) is 0 Å². The van der Waals surface area contributed by atoms with Crippen molar-refractivity contribution >= 4 is 29.5 Å². The first-order valence-corrected chi connectivity index (χ1v) is 11.3. The van der Waals surface area contributed by atoms with Gasteiger partial charge in [0, 0.05) is 0 Å². The summed E-state index contributed by atoms with van der Waals surface area (Å²) in [4.78, 5) is 38.8. The van der Waals surface area contributed by atoms with Crippen LogP contribution in [0.15, 0.2) is 66.7 Å². The maximum atomic E-state index is 13.5. The lowest BCUT2D eigenvalue weighted by molar-refractivity contribution is -0.141. The van der Waals surface area contributed by atoms with Crippen molar-refractivity contribution in [2.24, 2.45) is 23.5 Å². The molecule has 0 spiro atoms. The van der Waals surface area contributed by atoms with E-state index in [-0.39, 0.29) is 12.3 Å². The Morgan fingerprint density at radius 2 is 1.53 bits per heavy atom. The van der Waals surface area contributed by atoms with Crippen LogP contribution in [0, 0.1) is 17.8 Å². The second kappa shape index (κ2) is 13.3. The molecule has 0 radical (unpaired) electrons. The molecule has 3 atom stereocenters. The van der Waals surface area contributed by atoms with Gasteiger partial charge in [-0.1, -0.05) is 74.5 Å². The first kappa shape index (κ1) is 26.8. The van der Waals surface area contributed by atoms with Gasteiger partial charge in [0.25, 0.3) is 5.91 Å². The minimum atomic E-state index is -0.852. The van der Waals surface area contributed by atoms with Crippen LogP contribution in [0.2, 0.25) is 0 Å². The lowest BCUT2D eigenvalue weighted by Gasteiger charge is -2.30. The summed E-state index contributed by atoms with van der Waals surface area (Å²) in [5.41, 5.74) is 11.6. The zero-order valence-corrected chi connectivity index (χ0v) is 19.8. The van der Waals surface area contributed by atoms with Crippen LogP contribution in [0.1, 0.15) is 39.2 Å². The van der Waals surface area contributed by atoms with E-state index in [0.717, 1.165) is 10.6 Å². The van der Waals surface area contributed by atoms with E-state index in [1.54, 1.807) is 41.9 Å². The van der Waals surface area contributed by atoms with E-state index in [4.69, 9.17) is 5.73 Å². The highest BCUT2D eigenvalue weighted by Crippen LogP contribution is 2.26. The van der Waals surface area contributed by atoms with Gasteiger partial charge in [-0.15, -0.1) is 0 Å². The van der Waals surface area contributed by atoms with Gasteiger partial charge in [-0.2, -0.15) is 0 Å². The van der Waals surface area contributed by atoms with E-state index < -0.39 is 35.6 Å². The quantitative estimate of drug-likeness (QED) is 0.316. The van der Waals surface area contributed by atoms with Crippen LogP contribution in [0.4, 0.5) is 5.69 Å². The van der Waals surface area contributed by atoms with Gasteiger partial charge >= 0.3 is 0 Å². The van der Waals surface area contributed by atoms with Crippen molar-refractivity contribution in [3.63, 3.8) is 0 Å². The van der Waals surface area contributed by atoms with Gasteiger partial charge in [0.05, 0.1) is 23.6 Å².